The summed E-state index contributed by atoms with van der Waals surface area (Å²) < 4.78 is 5.26. The summed E-state index contributed by atoms with van der Waals surface area (Å²) in [6.07, 6.45) is 4.67. The van der Waals surface area contributed by atoms with Crippen molar-refractivity contribution in [2.24, 2.45) is 5.92 Å². The van der Waals surface area contributed by atoms with Crippen LogP contribution in [0, 0.1) is 5.92 Å². The lowest BCUT2D eigenvalue weighted by molar-refractivity contribution is 0.0414. The Bertz CT molecular complexity index is 1090. The molecule has 4 rings (SSSR count). The van der Waals surface area contributed by atoms with E-state index in [4.69, 9.17) is 21.3 Å². The number of aromatic nitrogens is 1. The van der Waals surface area contributed by atoms with Crippen LogP contribution in [-0.2, 0) is 17.6 Å². The molecule has 1 fully saturated rings. The molecular formula is C27H37ClN4O3. The minimum Gasteiger partial charge on any atom is -0.449 e. The van der Waals surface area contributed by atoms with Crippen LogP contribution in [0.5, 0.6) is 0 Å². The first-order valence-electron chi connectivity index (χ1n) is 12.8. The molecule has 35 heavy (non-hydrogen) atoms. The quantitative estimate of drug-likeness (QED) is 0.578. The van der Waals surface area contributed by atoms with Crippen LogP contribution in [0.3, 0.4) is 0 Å². The van der Waals surface area contributed by atoms with E-state index in [-0.39, 0.29) is 18.0 Å². The zero-order chi connectivity index (χ0) is 25.1. The van der Waals surface area contributed by atoms with Crippen LogP contribution in [0.2, 0.25) is 5.02 Å². The lowest BCUT2D eigenvalue weighted by Crippen LogP contribution is -2.55. The highest BCUT2D eigenvalue weighted by atomic mass is 35.5. The SMILES string of the molecule is CCCOC(=O)N1CCN(C(=O)c2ccc3c(Cl)c4c(nc3c2)CCC(CCN(C)C)C4)C(C)C1. The van der Waals surface area contributed by atoms with Crippen molar-refractivity contribution in [1.82, 2.24) is 19.7 Å². The molecule has 1 aromatic heterocycles. The maximum atomic E-state index is 13.4. The van der Waals surface area contributed by atoms with Gasteiger partial charge < -0.3 is 19.4 Å². The number of nitrogens with zero attached hydrogens (tertiary/aromatic N) is 4. The zero-order valence-electron chi connectivity index (χ0n) is 21.3. The molecule has 0 bridgehead atoms. The molecule has 190 valence electrons. The minimum absolute atomic E-state index is 0.0413. The number of amides is 2. The molecule has 8 heteroatoms. The third-order valence-electron chi connectivity index (χ3n) is 7.19. The third kappa shape index (κ3) is 5.72. The fourth-order valence-corrected chi connectivity index (χ4v) is 5.50. The molecule has 7 nitrogen and oxygen atoms in total. The summed E-state index contributed by atoms with van der Waals surface area (Å²) >= 11 is 6.88. The zero-order valence-corrected chi connectivity index (χ0v) is 22.1. The van der Waals surface area contributed by atoms with Crippen molar-refractivity contribution in [2.75, 3.05) is 46.9 Å². The molecule has 2 aliphatic rings. The van der Waals surface area contributed by atoms with Crippen molar-refractivity contribution in [1.29, 1.82) is 0 Å². The van der Waals surface area contributed by atoms with Gasteiger partial charge in [0.2, 0.25) is 0 Å². The Kier molecular flexibility index (Phi) is 8.17. The Labute approximate surface area is 213 Å². The minimum atomic E-state index is -0.302. The first kappa shape index (κ1) is 25.7. The van der Waals surface area contributed by atoms with Gasteiger partial charge in [-0.2, -0.15) is 0 Å². The number of carbonyl (C=O) groups is 2. The van der Waals surface area contributed by atoms with E-state index >= 15 is 0 Å². The molecule has 1 aliphatic carbocycles. The number of rotatable bonds is 6. The number of carbonyl (C=O) groups excluding carboxylic acids is 2. The van der Waals surface area contributed by atoms with Gasteiger partial charge in [-0.1, -0.05) is 24.6 Å². The number of benzene rings is 1. The van der Waals surface area contributed by atoms with Gasteiger partial charge in [0.15, 0.2) is 0 Å². The van der Waals surface area contributed by atoms with Crippen molar-refractivity contribution in [3.8, 4) is 0 Å². The van der Waals surface area contributed by atoms with E-state index in [1.807, 2.05) is 36.9 Å². The second-order valence-corrected chi connectivity index (χ2v) is 10.6. The molecular weight excluding hydrogens is 464 g/mol. The molecule has 1 aromatic carbocycles. The number of pyridine rings is 1. The van der Waals surface area contributed by atoms with Crippen LogP contribution in [0.15, 0.2) is 18.2 Å². The van der Waals surface area contributed by atoms with Crippen LogP contribution in [0.1, 0.15) is 54.7 Å². The molecule has 2 heterocycles. The summed E-state index contributed by atoms with van der Waals surface area (Å²) in [7, 11) is 4.22. The van der Waals surface area contributed by atoms with Gasteiger partial charge in [-0.05, 0) is 83.3 Å². The standard InChI is InChI=1S/C27H37ClN4O3/c1-5-14-35-27(34)31-12-13-32(18(2)17-31)26(33)20-7-8-21-24(16-20)29-23-9-6-19(10-11-30(3)4)15-22(23)25(21)28/h7-8,16,18-19H,5-6,9-15,17H2,1-4H3. The summed E-state index contributed by atoms with van der Waals surface area (Å²) in [5.74, 6) is 0.585. The average molecular weight is 501 g/mol. The summed E-state index contributed by atoms with van der Waals surface area (Å²) in [5.41, 5.74) is 3.63. The lowest BCUT2D eigenvalue weighted by Gasteiger charge is -2.39. The van der Waals surface area contributed by atoms with Crippen LogP contribution >= 0.6 is 11.6 Å². The highest BCUT2D eigenvalue weighted by molar-refractivity contribution is 6.36. The number of halogens is 1. The lowest BCUT2D eigenvalue weighted by atomic mass is 9.84. The van der Waals surface area contributed by atoms with Gasteiger partial charge in [0.25, 0.3) is 5.91 Å². The van der Waals surface area contributed by atoms with Crippen LogP contribution < -0.4 is 0 Å². The Balaban J connectivity index is 1.49. The van der Waals surface area contributed by atoms with Crippen molar-refractivity contribution >= 4 is 34.5 Å². The smallest absolute Gasteiger partial charge is 0.409 e. The van der Waals surface area contributed by atoms with E-state index < -0.39 is 0 Å². The van der Waals surface area contributed by atoms with Crippen LogP contribution in [0.25, 0.3) is 10.9 Å². The Morgan fingerprint density at radius 3 is 2.77 bits per heavy atom. The second-order valence-electron chi connectivity index (χ2n) is 10.2. The molecule has 2 aromatic rings. The molecule has 0 N–H and O–H groups in total. The van der Waals surface area contributed by atoms with Gasteiger partial charge in [-0.25, -0.2) is 4.79 Å². The predicted molar refractivity (Wildman–Crippen MR) is 139 cm³/mol. The van der Waals surface area contributed by atoms with E-state index in [0.717, 1.165) is 60.3 Å². The van der Waals surface area contributed by atoms with E-state index in [0.29, 0.717) is 37.7 Å². The van der Waals surface area contributed by atoms with Gasteiger partial charge in [-0.3, -0.25) is 9.78 Å². The van der Waals surface area contributed by atoms with Crippen LogP contribution in [-0.4, -0.2) is 84.6 Å². The van der Waals surface area contributed by atoms with Gasteiger partial charge in [0.1, 0.15) is 0 Å². The Morgan fingerprint density at radius 2 is 2.06 bits per heavy atom. The highest BCUT2D eigenvalue weighted by Crippen LogP contribution is 2.36. The third-order valence-corrected chi connectivity index (χ3v) is 7.62. The van der Waals surface area contributed by atoms with Gasteiger partial charge in [0.05, 0.1) is 17.1 Å². The maximum Gasteiger partial charge on any atom is 0.409 e. The summed E-state index contributed by atoms with van der Waals surface area (Å²) in [4.78, 5) is 36.3. The van der Waals surface area contributed by atoms with E-state index in [2.05, 4.69) is 19.0 Å². The highest BCUT2D eigenvalue weighted by Gasteiger charge is 2.31. The molecule has 0 saturated carbocycles. The van der Waals surface area contributed by atoms with Crippen molar-refractivity contribution in [3.63, 3.8) is 0 Å². The molecule has 2 atom stereocenters. The molecule has 1 saturated heterocycles. The molecule has 2 amide bonds. The number of hydrogen-bond donors (Lipinski definition) is 0. The summed E-state index contributed by atoms with van der Waals surface area (Å²) in [6, 6.07) is 5.56. The first-order chi connectivity index (χ1) is 16.8. The fourth-order valence-electron chi connectivity index (χ4n) is 5.15. The molecule has 1 aliphatic heterocycles. The molecule has 0 spiro atoms. The Hall–Kier alpha value is -2.38. The molecule has 2 unspecified atom stereocenters. The first-order valence-corrected chi connectivity index (χ1v) is 13.1. The number of piperazine rings is 1. The van der Waals surface area contributed by atoms with Gasteiger partial charge in [0, 0.05) is 42.3 Å². The molecule has 0 radical (unpaired) electrons. The predicted octanol–water partition coefficient (Wildman–Crippen LogP) is 4.64. The second kappa shape index (κ2) is 11.1. The fraction of sp³-hybridized carbons (Fsp3) is 0.593. The average Bonchev–Trinajstić information content (AvgIpc) is 2.85. The Morgan fingerprint density at radius 1 is 1.26 bits per heavy atom. The monoisotopic (exact) mass is 500 g/mol. The van der Waals surface area contributed by atoms with Gasteiger partial charge >= 0.3 is 6.09 Å². The number of fused-ring (bicyclic) bond motifs is 2. The number of hydrogen-bond acceptors (Lipinski definition) is 5. The van der Waals surface area contributed by atoms with Crippen molar-refractivity contribution in [3.05, 3.63) is 40.0 Å². The van der Waals surface area contributed by atoms with E-state index in [1.165, 1.54) is 5.56 Å². The number of aryl methyl sites for hydroxylation is 1. The van der Waals surface area contributed by atoms with Crippen molar-refractivity contribution in [2.45, 2.75) is 52.0 Å². The van der Waals surface area contributed by atoms with Crippen molar-refractivity contribution < 1.29 is 14.3 Å². The normalized spacial score (nSPS) is 20.3. The van der Waals surface area contributed by atoms with E-state index in [1.54, 1.807) is 4.90 Å². The van der Waals surface area contributed by atoms with E-state index in [9.17, 15) is 9.59 Å². The maximum absolute atomic E-state index is 13.4. The summed E-state index contributed by atoms with van der Waals surface area (Å²) in [5, 5.41) is 1.69. The number of ether oxygens (including phenoxy) is 1. The topological polar surface area (TPSA) is 66.0 Å². The largest absolute Gasteiger partial charge is 0.449 e. The van der Waals surface area contributed by atoms with Gasteiger partial charge in [-0.15, -0.1) is 0 Å². The summed E-state index contributed by atoms with van der Waals surface area (Å²) in [6.45, 7) is 6.85. The van der Waals surface area contributed by atoms with Crippen LogP contribution in [0.4, 0.5) is 4.79 Å².